The molecule has 0 saturated heterocycles. The normalized spacial score (nSPS) is 10.7. The lowest BCUT2D eigenvalue weighted by Gasteiger charge is -1.96. The monoisotopic (exact) mass is 240 g/mol. The maximum atomic E-state index is 10.7. The Kier molecular flexibility index (Phi) is 2.85. The summed E-state index contributed by atoms with van der Waals surface area (Å²) in [5.74, 6) is 0. The van der Waals surface area contributed by atoms with Gasteiger partial charge in [0, 0.05) is 15.2 Å². The Morgan fingerprint density at radius 1 is 1.43 bits per heavy atom. The number of carbonyl (C=O) groups excluding carboxylic acids is 1. The van der Waals surface area contributed by atoms with Crippen LogP contribution in [0.25, 0.3) is 10.1 Å². The third-order valence-electron chi connectivity index (χ3n) is 1.97. The minimum absolute atomic E-state index is 0.659. The maximum Gasteiger partial charge on any atom is 0.151 e. The van der Waals surface area contributed by atoms with Gasteiger partial charge in [-0.05, 0) is 29.8 Å². The predicted octanol–water partition coefficient (Wildman–Crippen LogP) is 3.72. The molecule has 1 aromatic carbocycles. The Labute approximate surface area is 95.9 Å². The third-order valence-corrected chi connectivity index (χ3v) is 4.52. The summed E-state index contributed by atoms with van der Waals surface area (Å²) >= 11 is 7.71. The number of aldehydes is 1. The van der Waals surface area contributed by atoms with Crippen molar-refractivity contribution in [3.8, 4) is 0 Å². The first kappa shape index (κ1) is 10.1. The molecule has 2 rings (SSSR count). The highest BCUT2D eigenvalue weighted by Crippen LogP contribution is 2.33. The van der Waals surface area contributed by atoms with Crippen LogP contribution in [0.2, 0.25) is 0 Å². The van der Waals surface area contributed by atoms with Crippen LogP contribution in [-0.2, 0) is 0 Å². The van der Waals surface area contributed by atoms with Gasteiger partial charge in [-0.25, -0.2) is 0 Å². The number of thiol groups is 1. The summed E-state index contributed by atoms with van der Waals surface area (Å²) in [5, 5.41) is 1.12. The highest BCUT2D eigenvalue weighted by Gasteiger charge is 2.05. The Morgan fingerprint density at radius 2 is 2.21 bits per heavy atom. The lowest BCUT2D eigenvalue weighted by molar-refractivity contribution is 0.112. The molecule has 0 aliphatic heterocycles. The van der Waals surface area contributed by atoms with Crippen molar-refractivity contribution in [2.24, 2.45) is 0 Å². The number of rotatable bonds is 2. The molecule has 1 aromatic heterocycles. The van der Waals surface area contributed by atoms with E-state index in [9.17, 15) is 4.79 Å². The molecule has 0 N–H and O–H groups in total. The molecule has 0 unspecified atom stereocenters. The first-order chi connectivity index (χ1) is 6.74. The van der Waals surface area contributed by atoms with Crippen LogP contribution in [0.15, 0.2) is 27.3 Å². The molecule has 2 aromatic rings. The zero-order valence-electron chi connectivity index (χ0n) is 7.48. The van der Waals surface area contributed by atoms with Crippen molar-refractivity contribution in [2.45, 2.75) is 9.10 Å². The van der Waals surface area contributed by atoms with Gasteiger partial charge in [-0.3, -0.25) is 4.79 Å². The van der Waals surface area contributed by atoms with E-state index in [0.29, 0.717) is 5.56 Å². The van der Waals surface area contributed by atoms with Gasteiger partial charge in [0.1, 0.15) is 0 Å². The average molecular weight is 240 g/mol. The van der Waals surface area contributed by atoms with Gasteiger partial charge in [-0.15, -0.1) is 35.7 Å². The lowest BCUT2D eigenvalue weighted by Crippen LogP contribution is -1.80. The summed E-state index contributed by atoms with van der Waals surface area (Å²) in [4.78, 5) is 11.4. The van der Waals surface area contributed by atoms with Crippen molar-refractivity contribution in [2.75, 3.05) is 6.26 Å². The van der Waals surface area contributed by atoms with Crippen molar-refractivity contribution < 1.29 is 4.79 Å². The second-order valence-corrected chi connectivity index (χ2v) is 5.51. The second kappa shape index (κ2) is 3.96. The molecule has 0 aliphatic carbocycles. The molecule has 0 fully saturated rings. The van der Waals surface area contributed by atoms with Crippen LogP contribution in [0.5, 0.6) is 0 Å². The number of hydrogen-bond donors (Lipinski definition) is 1. The van der Waals surface area contributed by atoms with Crippen LogP contribution >= 0.6 is 35.7 Å². The molecule has 1 nitrogen and oxygen atoms in total. The van der Waals surface area contributed by atoms with E-state index in [-0.39, 0.29) is 0 Å². The van der Waals surface area contributed by atoms with Crippen molar-refractivity contribution in [3.63, 3.8) is 0 Å². The summed E-state index contributed by atoms with van der Waals surface area (Å²) in [6.07, 6.45) is 2.89. The van der Waals surface area contributed by atoms with Gasteiger partial charge in [0.15, 0.2) is 6.29 Å². The molecule has 4 heteroatoms. The van der Waals surface area contributed by atoms with Crippen molar-refractivity contribution in [1.29, 1.82) is 0 Å². The third kappa shape index (κ3) is 1.69. The van der Waals surface area contributed by atoms with Gasteiger partial charge in [0.05, 0.1) is 4.21 Å². The smallest absolute Gasteiger partial charge is 0.151 e. The molecule has 0 radical (unpaired) electrons. The first-order valence-electron chi connectivity index (χ1n) is 4.00. The van der Waals surface area contributed by atoms with Gasteiger partial charge in [-0.2, -0.15) is 0 Å². The van der Waals surface area contributed by atoms with Crippen LogP contribution in [0, 0.1) is 0 Å². The summed E-state index contributed by atoms with van der Waals surface area (Å²) in [7, 11) is 0. The Morgan fingerprint density at radius 3 is 2.86 bits per heavy atom. The number of thiophene rings is 1. The van der Waals surface area contributed by atoms with Gasteiger partial charge in [0.2, 0.25) is 0 Å². The summed E-state index contributed by atoms with van der Waals surface area (Å²) in [6.45, 7) is 0. The van der Waals surface area contributed by atoms with Crippen LogP contribution in [0.1, 0.15) is 10.4 Å². The minimum Gasteiger partial charge on any atom is -0.298 e. The van der Waals surface area contributed by atoms with E-state index in [1.807, 2.05) is 18.4 Å². The van der Waals surface area contributed by atoms with E-state index in [0.717, 1.165) is 16.6 Å². The zero-order valence-corrected chi connectivity index (χ0v) is 10.0. The Bertz CT molecular complexity index is 487. The quantitative estimate of drug-likeness (QED) is 0.489. The molecule has 0 bridgehead atoms. The van der Waals surface area contributed by atoms with E-state index in [1.165, 1.54) is 8.91 Å². The van der Waals surface area contributed by atoms with Crippen LogP contribution < -0.4 is 0 Å². The van der Waals surface area contributed by atoms with Crippen LogP contribution in [-0.4, -0.2) is 12.5 Å². The molecule has 1 heterocycles. The number of fused-ring (bicyclic) bond motifs is 1. The number of hydrogen-bond acceptors (Lipinski definition) is 4. The Hall–Kier alpha value is -0.450. The van der Waals surface area contributed by atoms with Gasteiger partial charge in [0.25, 0.3) is 0 Å². The van der Waals surface area contributed by atoms with Gasteiger partial charge in [-0.1, -0.05) is 0 Å². The number of carbonyl (C=O) groups is 1. The first-order valence-corrected chi connectivity index (χ1v) is 6.49. The zero-order chi connectivity index (χ0) is 10.1. The molecule has 72 valence electrons. The van der Waals surface area contributed by atoms with Gasteiger partial charge >= 0.3 is 0 Å². The largest absolute Gasteiger partial charge is 0.298 e. The van der Waals surface area contributed by atoms with E-state index < -0.39 is 0 Å². The molecule has 0 atom stereocenters. The van der Waals surface area contributed by atoms with Crippen molar-refractivity contribution >= 4 is 52.1 Å². The van der Waals surface area contributed by atoms with Gasteiger partial charge < -0.3 is 0 Å². The minimum atomic E-state index is 0.659. The SMILES string of the molecule is CSc1cc2cc(C=O)c(S)cc2s1. The number of thioether (sulfide) groups is 1. The summed E-state index contributed by atoms with van der Waals surface area (Å²) < 4.78 is 2.45. The average Bonchev–Trinajstić information content (AvgIpc) is 2.58. The molecule has 14 heavy (non-hydrogen) atoms. The molecule has 0 saturated carbocycles. The second-order valence-electron chi connectivity index (χ2n) is 2.84. The molecular formula is C10H8OS3. The van der Waals surface area contributed by atoms with E-state index in [2.05, 4.69) is 18.7 Å². The van der Waals surface area contributed by atoms with E-state index in [1.54, 1.807) is 23.1 Å². The highest BCUT2D eigenvalue weighted by atomic mass is 32.2. The fourth-order valence-corrected chi connectivity index (χ4v) is 3.26. The van der Waals surface area contributed by atoms with Crippen molar-refractivity contribution in [1.82, 2.24) is 0 Å². The van der Waals surface area contributed by atoms with Crippen molar-refractivity contribution in [3.05, 3.63) is 23.8 Å². The summed E-state index contributed by atoms with van der Waals surface area (Å²) in [5.41, 5.74) is 0.659. The highest BCUT2D eigenvalue weighted by molar-refractivity contribution is 8.00. The van der Waals surface area contributed by atoms with Crippen LogP contribution in [0.4, 0.5) is 0 Å². The fraction of sp³-hybridized carbons (Fsp3) is 0.100. The summed E-state index contributed by atoms with van der Waals surface area (Å²) in [6, 6.07) is 5.94. The predicted molar refractivity (Wildman–Crippen MR) is 66.2 cm³/mol. The topological polar surface area (TPSA) is 17.1 Å². The lowest BCUT2D eigenvalue weighted by atomic mass is 10.2. The molecule has 0 aliphatic rings. The standard InChI is InChI=1S/C10H8OS3/c1-13-10-3-6-2-7(5-11)8(12)4-9(6)14-10/h2-5,12H,1H3. The molecule has 0 amide bonds. The maximum absolute atomic E-state index is 10.7. The molecular weight excluding hydrogens is 232 g/mol. The molecule has 0 spiro atoms. The van der Waals surface area contributed by atoms with E-state index >= 15 is 0 Å². The van der Waals surface area contributed by atoms with Crippen LogP contribution in [0.3, 0.4) is 0 Å². The number of benzene rings is 1. The fourth-order valence-electron chi connectivity index (χ4n) is 1.26. The Balaban J connectivity index is 2.69. The van der Waals surface area contributed by atoms with E-state index in [4.69, 9.17) is 0 Å².